The van der Waals surface area contributed by atoms with E-state index in [1.54, 1.807) is 12.4 Å². The number of hydrogen-bond donors (Lipinski definition) is 2. The van der Waals surface area contributed by atoms with E-state index in [1.807, 2.05) is 25.1 Å². The van der Waals surface area contributed by atoms with E-state index in [-0.39, 0.29) is 5.91 Å². The van der Waals surface area contributed by atoms with Crippen LogP contribution < -0.4 is 16.0 Å². The van der Waals surface area contributed by atoms with Crippen molar-refractivity contribution in [3.05, 3.63) is 18.5 Å². The Morgan fingerprint density at radius 2 is 2.00 bits per heavy atom. The van der Waals surface area contributed by atoms with Gasteiger partial charge in [0.2, 0.25) is 5.91 Å². The zero-order valence-electron chi connectivity index (χ0n) is 13.1. The molecule has 1 heterocycles. The normalized spacial score (nSPS) is 17.9. The third-order valence-electron chi connectivity index (χ3n) is 4.46. The molecule has 1 aliphatic rings. The van der Waals surface area contributed by atoms with Crippen LogP contribution in [0.4, 0.5) is 11.4 Å². The van der Waals surface area contributed by atoms with Gasteiger partial charge < -0.3 is 16.0 Å². The molecule has 5 heteroatoms. The molecule has 1 aromatic rings. The Morgan fingerprint density at radius 1 is 1.33 bits per heavy atom. The molecule has 21 heavy (non-hydrogen) atoms. The molecule has 0 unspecified atom stereocenters. The zero-order chi connectivity index (χ0) is 15.3. The first-order valence-electron chi connectivity index (χ1n) is 7.72. The first-order chi connectivity index (χ1) is 10.1. The topological polar surface area (TPSA) is 71.2 Å². The van der Waals surface area contributed by atoms with Gasteiger partial charge in [-0.1, -0.05) is 25.7 Å². The maximum absolute atomic E-state index is 12.8. The molecule has 0 atom stereocenters. The average Bonchev–Trinajstić information content (AvgIpc) is 2.74. The summed E-state index contributed by atoms with van der Waals surface area (Å²) >= 11 is 0. The van der Waals surface area contributed by atoms with Gasteiger partial charge in [0.05, 0.1) is 23.0 Å². The van der Waals surface area contributed by atoms with Crippen LogP contribution in [0.3, 0.4) is 0 Å². The maximum Gasteiger partial charge on any atom is 0.231 e. The number of nitrogens with one attached hydrogen (secondary N) is 1. The molecule has 5 nitrogen and oxygen atoms in total. The van der Waals surface area contributed by atoms with Crippen LogP contribution in [0.15, 0.2) is 18.5 Å². The quantitative estimate of drug-likeness (QED) is 0.835. The van der Waals surface area contributed by atoms with Gasteiger partial charge in [0, 0.05) is 26.8 Å². The number of pyridine rings is 1. The number of nitrogens with zero attached hydrogens (tertiary/aromatic N) is 2. The van der Waals surface area contributed by atoms with Gasteiger partial charge in [0.25, 0.3) is 0 Å². The lowest BCUT2D eigenvalue weighted by Gasteiger charge is -2.30. The molecule has 1 amide bonds. The molecular formula is C16H26N4O. The van der Waals surface area contributed by atoms with Crippen molar-refractivity contribution < 1.29 is 4.79 Å². The fourth-order valence-electron chi connectivity index (χ4n) is 3.06. The van der Waals surface area contributed by atoms with Crippen molar-refractivity contribution in [2.24, 2.45) is 11.1 Å². The van der Waals surface area contributed by atoms with E-state index in [2.05, 4.69) is 10.3 Å². The molecule has 0 saturated heterocycles. The van der Waals surface area contributed by atoms with Crippen molar-refractivity contribution in [1.82, 2.24) is 4.98 Å². The SMILES string of the molecule is CN(C)c1ccncc1NC(=O)C1(CN)CCCCCC1. The summed E-state index contributed by atoms with van der Waals surface area (Å²) in [7, 11) is 3.91. The van der Waals surface area contributed by atoms with Gasteiger partial charge in [0.1, 0.15) is 0 Å². The molecule has 3 N–H and O–H groups in total. The van der Waals surface area contributed by atoms with Crippen molar-refractivity contribution in [3.8, 4) is 0 Å². The Balaban J connectivity index is 2.19. The monoisotopic (exact) mass is 290 g/mol. The first kappa shape index (κ1) is 15.8. The molecule has 0 bridgehead atoms. The van der Waals surface area contributed by atoms with Crippen LogP contribution >= 0.6 is 0 Å². The Morgan fingerprint density at radius 3 is 2.57 bits per heavy atom. The lowest BCUT2D eigenvalue weighted by Crippen LogP contribution is -2.42. The largest absolute Gasteiger partial charge is 0.376 e. The summed E-state index contributed by atoms with van der Waals surface area (Å²) in [6.07, 6.45) is 9.76. The van der Waals surface area contributed by atoms with Gasteiger partial charge in [0.15, 0.2) is 0 Å². The standard InChI is InChI=1S/C16H26N4O/c1-20(2)14-7-10-18-11-13(14)19-15(21)16(12-17)8-5-3-4-6-9-16/h7,10-11H,3-6,8-9,12,17H2,1-2H3,(H,19,21). The zero-order valence-corrected chi connectivity index (χ0v) is 13.1. The number of anilines is 2. The Kier molecular flexibility index (Phi) is 5.17. The lowest BCUT2D eigenvalue weighted by atomic mass is 9.79. The van der Waals surface area contributed by atoms with E-state index in [1.165, 1.54) is 12.8 Å². The van der Waals surface area contributed by atoms with Crippen LogP contribution in [0, 0.1) is 5.41 Å². The van der Waals surface area contributed by atoms with E-state index in [0.717, 1.165) is 37.1 Å². The molecular weight excluding hydrogens is 264 g/mol. The van der Waals surface area contributed by atoms with Crippen molar-refractivity contribution in [2.75, 3.05) is 30.9 Å². The minimum absolute atomic E-state index is 0.0444. The van der Waals surface area contributed by atoms with Crippen LogP contribution in [0.1, 0.15) is 38.5 Å². The maximum atomic E-state index is 12.8. The number of amides is 1. The van der Waals surface area contributed by atoms with Crippen LogP contribution in [-0.4, -0.2) is 31.5 Å². The van der Waals surface area contributed by atoms with E-state index < -0.39 is 5.41 Å². The summed E-state index contributed by atoms with van der Waals surface area (Å²) in [4.78, 5) is 18.9. The number of carbonyl (C=O) groups excluding carboxylic acids is 1. The predicted octanol–water partition coefficient (Wildman–Crippen LogP) is 2.39. The molecule has 1 saturated carbocycles. The Labute approximate surface area is 126 Å². The minimum Gasteiger partial charge on any atom is -0.376 e. The van der Waals surface area contributed by atoms with Gasteiger partial charge in [-0.3, -0.25) is 9.78 Å². The second kappa shape index (κ2) is 6.89. The van der Waals surface area contributed by atoms with E-state index in [9.17, 15) is 4.79 Å². The highest BCUT2D eigenvalue weighted by atomic mass is 16.2. The number of aromatic nitrogens is 1. The molecule has 0 spiro atoms. The Hall–Kier alpha value is -1.62. The van der Waals surface area contributed by atoms with Crippen molar-refractivity contribution >= 4 is 17.3 Å². The highest BCUT2D eigenvalue weighted by Crippen LogP contribution is 2.36. The predicted molar refractivity (Wildman–Crippen MR) is 86.4 cm³/mol. The van der Waals surface area contributed by atoms with Crippen LogP contribution in [0.25, 0.3) is 0 Å². The third kappa shape index (κ3) is 3.53. The molecule has 1 aliphatic carbocycles. The van der Waals surface area contributed by atoms with E-state index in [4.69, 9.17) is 5.73 Å². The number of nitrogens with two attached hydrogens (primary N) is 1. The lowest BCUT2D eigenvalue weighted by molar-refractivity contribution is -0.125. The van der Waals surface area contributed by atoms with Gasteiger partial charge >= 0.3 is 0 Å². The third-order valence-corrected chi connectivity index (χ3v) is 4.46. The highest BCUT2D eigenvalue weighted by molar-refractivity contribution is 5.98. The van der Waals surface area contributed by atoms with E-state index in [0.29, 0.717) is 6.54 Å². The second-order valence-electron chi connectivity index (χ2n) is 6.14. The molecule has 1 fully saturated rings. The van der Waals surface area contributed by atoms with Crippen LogP contribution in [0.2, 0.25) is 0 Å². The highest BCUT2D eigenvalue weighted by Gasteiger charge is 2.37. The average molecular weight is 290 g/mol. The van der Waals surface area contributed by atoms with E-state index >= 15 is 0 Å². The number of rotatable bonds is 4. The van der Waals surface area contributed by atoms with Crippen LogP contribution in [-0.2, 0) is 4.79 Å². The number of carbonyl (C=O) groups is 1. The second-order valence-corrected chi connectivity index (χ2v) is 6.14. The van der Waals surface area contributed by atoms with Gasteiger partial charge in [-0.15, -0.1) is 0 Å². The van der Waals surface area contributed by atoms with Gasteiger partial charge in [-0.25, -0.2) is 0 Å². The molecule has 1 aromatic heterocycles. The van der Waals surface area contributed by atoms with Crippen molar-refractivity contribution in [3.63, 3.8) is 0 Å². The first-order valence-corrected chi connectivity index (χ1v) is 7.72. The van der Waals surface area contributed by atoms with Gasteiger partial charge in [-0.2, -0.15) is 0 Å². The summed E-state index contributed by atoms with van der Waals surface area (Å²) in [6.45, 7) is 0.413. The smallest absolute Gasteiger partial charge is 0.231 e. The summed E-state index contributed by atoms with van der Waals surface area (Å²) in [6, 6.07) is 1.90. The minimum atomic E-state index is -0.421. The summed E-state index contributed by atoms with van der Waals surface area (Å²) in [5.74, 6) is 0.0444. The Bertz CT molecular complexity index is 479. The van der Waals surface area contributed by atoms with Crippen molar-refractivity contribution in [1.29, 1.82) is 0 Å². The fraction of sp³-hybridized carbons (Fsp3) is 0.625. The van der Waals surface area contributed by atoms with Gasteiger partial charge in [-0.05, 0) is 18.9 Å². The molecule has 0 aromatic carbocycles. The summed E-state index contributed by atoms with van der Waals surface area (Å²) in [5, 5.41) is 3.06. The molecule has 0 aliphatic heterocycles. The summed E-state index contributed by atoms with van der Waals surface area (Å²) < 4.78 is 0. The van der Waals surface area contributed by atoms with Crippen LogP contribution in [0.5, 0.6) is 0 Å². The number of hydrogen-bond acceptors (Lipinski definition) is 4. The molecule has 2 rings (SSSR count). The molecule has 116 valence electrons. The van der Waals surface area contributed by atoms with Crippen molar-refractivity contribution in [2.45, 2.75) is 38.5 Å². The summed E-state index contributed by atoms with van der Waals surface area (Å²) in [5.41, 5.74) is 7.26. The molecule has 0 radical (unpaired) electrons. The fourth-order valence-corrected chi connectivity index (χ4v) is 3.06.